The van der Waals surface area contributed by atoms with Crippen LogP contribution in [0.5, 0.6) is 11.5 Å². The molecule has 0 N–H and O–H groups in total. The Morgan fingerprint density at radius 1 is 0.530 bits per heavy atom. The molecule has 1 aliphatic heterocycles. The third-order valence-corrected chi connectivity index (χ3v) is 23.4. The number of anilines is 4. The fourth-order valence-electron chi connectivity index (χ4n) is 15.9. The average molecular weight is 1300 g/mol. The molecule has 0 radical (unpaired) electrons. The van der Waals surface area contributed by atoms with Gasteiger partial charge in [-0.2, -0.15) is 6.07 Å². The van der Waals surface area contributed by atoms with Gasteiger partial charge in [-0.3, -0.25) is 0 Å². The second-order valence-electron chi connectivity index (χ2n) is 27.4. The first-order chi connectivity index (χ1) is 39.5. The van der Waals surface area contributed by atoms with Crippen LogP contribution in [0.1, 0.15) is 69.6 Å². The largest absolute Gasteiger partial charge is 0.509 e. The molecule has 0 amide bonds. The number of rotatable bonds is 10. The molecule has 83 heavy (non-hydrogen) atoms. The molecule has 8 aromatic carbocycles. The van der Waals surface area contributed by atoms with Crippen LogP contribution in [-0.2, 0) is 31.9 Å². The first-order valence-corrected chi connectivity index (χ1v) is 36.9. The van der Waals surface area contributed by atoms with Gasteiger partial charge in [-0.25, -0.2) is 4.98 Å². The first-order valence-electron chi connectivity index (χ1n) is 29.9. The van der Waals surface area contributed by atoms with Gasteiger partial charge in [0.1, 0.15) is 5.82 Å². The van der Waals surface area contributed by atoms with E-state index in [0.717, 1.165) is 45.4 Å². The van der Waals surface area contributed by atoms with Gasteiger partial charge in [-0.05, 0) is 143 Å². The van der Waals surface area contributed by atoms with Crippen LogP contribution in [0.4, 0.5) is 22.7 Å². The molecule has 4 saturated carbocycles. The number of ether oxygens (including phenoxy) is 1. The fourth-order valence-corrected chi connectivity index (χ4v) is 19.1. The number of benzene rings is 8. The number of aromatic nitrogens is 3. The van der Waals surface area contributed by atoms with Crippen LogP contribution in [0.3, 0.4) is 0 Å². The zero-order valence-corrected chi connectivity index (χ0v) is 53.5. The summed E-state index contributed by atoms with van der Waals surface area (Å²) in [5.41, 5.74) is 14.0. The van der Waals surface area contributed by atoms with Crippen LogP contribution in [0, 0.1) is 42.5 Å². The van der Waals surface area contributed by atoms with Gasteiger partial charge in [-0.15, -0.1) is 53.6 Å². The van der Waals surface area contributed by atoms with Crippen molar-refractivity contribution in [2.75, 3.05) is 9.80 Å². The summed E-state index contributed by atoms with van der Waals surface area (Å²) in [4.78, 5) is 10.1. The van der Waals surface area contributed by atoms with Crippen molar-refractivity contribution in [2.45, 2.75) is 103 Å². The molecule has 5 aliphatic rings. The Morgan fingerprint density at radius 3 is 1.67 bits per heavy atom. The molecule has 4 heterocycles. The van der Waals surface area contributed by atoms with E-state index in [-0.39, 0.29) is 31.9 Å². The van der Waals surface area contributed by atoms with Crippen molar-refractivity contribution < 1.29 is 25.8 Å². The van der Waals surface area contributed by atoms with Gasteiger partial charge in [-0.1, -0.05) is 163 Å². The minimum atomic E-state index is -1.77. The predicted octanol–water partition coefficient (Wildman–Crippen LogP) is 18.2. The summed E-state index contributed by atoms with van der Waals surface area (Å²) in [6, 6.07) is 73.4. The standard InChI is InChI=1S/C74H72N5OSi2.Pt/c1-73(2,3)52-42-56(76-47-77(67-26-17-16-25-66(67)76)72-69(81(4,5)6)27-18-28-70(72)82(7,8)9)45-58(43-52)80-57-33-34-62-61-21-12-15-24-65(61)79(68(62)46-57)71-44-51(35-36-75-71)74(53-38-48-37-49(40-53)41-54(74)39-48)50-29-31-55(32-30-50)78-63-22-13-10-19-59(63)60-20-11-14-23-64(60)78;/h10-36,42-44,47-49,53-54H,37-41H2,1-9H3;/q-3;. The number of hydrogen-bond donors (Lipinski definition) is 0. The minimum absolute atomic E-state index is 0. The van der Waals surface area contributed by atoms with Crippen LogP contribution in [0.15, 0.2) is 182 Å². The number of nitrogens with zero attached hydrogens (tertiary/aromatic N) is 5. The topological polar surface area (TPSA) is 38.5 Å². The number of fused-ring (bicyclic) bond motifs is 7. The fraction of sp³-hybridized carbons (Fsp3) is 0.270. The van der Waals surface area contributed by atoms with Crippen LogP contribution in [0.2, 0.25) is 39.3 Å². The summed E-state index contributed by atoms with van der Waals surface area (Å²) in [5, 5.41) is 7.83. The Bertz CT molecular complexity index is 4230. The Labute approximate surface area is 506 Å². The Kier molecular flexibility index (Phi) is 12.9. The number of para-hydroxylation sites is 6. The van der Waals surface area contributed by atoms with Crippen molar-refractivity contribution in [3.05, 3.63) is 218 Å². The van der Waals surface area contributed by atoms with E-state index >= 15 is 0 Å². The zero-order valence-electron chi connectivity index (χ0n) is 49.2. The average Bonchev–Trinajstić information content (AvgIpc) is 3.61. The second kappa shape index (κ2) is 19.8. The summed E-state index contributed by atoms with van der Waals surface area (Å²) in [5.74, 6) is 4.96. The van der Waals surface area contributed by atoms with E-state index < -0.39 is 16.1 Å². The summed E-state index contributed by atoms with van der Waals surface area (Å²) in [6.07, 6.45) is 8.62. The molecule has 9 heteroatoms. The zero-order chi connectivity index (χ0) is 56.0. The maximum atomic E-state index is 7.09. The molecule has 0 saturated heterocycles. The van der Waals surface area contributed by atoms with Gasteiger partial charge in [0.05, 0.1) is 27.2 Å². The third-order valence-electron chi connectivity index (χ3n) is 19.3. The van der Waals surface area contributed by atoms with Crippen molar-refractivity contribution in [2.24, 2.45) is 23.7 Å². The molecule has 4 bridgehead atoms. The SMILES string of the molecule is CC(C)(C)c1cc(Oc2[c-]c3c(cc2)c2ccccc2n3-c2cc(C3(c4ccc(-n5c6ccccc6c6ccccc65)cc4)C4CC5CC(C4)CC3C5)ccn2)[c-]c(N2[CH-]N(c3c([Si](C)(C)C)cccc3[Si](C)(C)C)c3ccccc32)c1.[Pt]. The number of hydrogen-bond acceptors (Lipinski definition) is 4. The van der Waals surface area contributed by atoms with Gasteiger partial charge >= 0.3 is 0 Å². The minimum Gasteiger partial charge on any atom is -0.509 e. The van der Waals surface area contributed by atoms with Gasteiger partial charge < -0.3 is 23.7 Å². The van der Waals surface area contributed by atoms with Gasteiger partial charge in [0.2, 0.25) is 0 Å². The predicted molar refractivity (Wildman–Crippen MR) is 347 cm³/mol. The summed E-state index contributed by atoms with van der Waals surface area (Å²) >= 11 is 0. The summed E-state index contributed by atoms with van der Waals surface area (Å²) in [7, 11) is -3.55. The van der Waals surface area contributed by atoms with E-state index in [0.29, 0.717) is 23.3 Å². The molecule has 16 rings (SSSR count). The molecule has 0 unspecified atom stereocenters. The molecule has 3 aromatic heterocycles. The van der Waals surface area contributed by atoms with E-state index in [4.69, 9.17) is 9.72 Å². The van der Waals surface area contributed by atoms with E-state index in [1.54, 1.807) is 0 Å². The Balaban J connectivity index is 0.00000614. The Morgan fingerprint density at radius 2 is 1.08 bits per heavy atom. The second-order valence-corrected chi connectivity index (χ2v) is 37.5. The van der Waals surface area contributed by atoms with Crippen LogP contribution in [0.25, 0.3) is 55.1 Å². The van der Waals surface area contributed by atoms with Gasteiger partial charge in [0.15, 0.2) is 0 Å². The van der Waals surface area contributed by atoms with E-state index in [1.165, 1.54) is 103 Å². The molecule has 0 atom stereocenters. The van der Waals surface area contributed by atoms with Gasteiger partial charge in [0, 0.05) is 83.2 Å². The molecule has 420 valence electrons. The van der Waals surface area contributed by atoms with Crippen molar-refractivity contribution in [1.82, 2.24) is 14.1 Å². The summed E-state index contributed by atoms with van der Waals surface area (Å²) in [6.45, 7) is 24.0. The Hall–Kier alpha value is -6.97. The van der Waals surface area contributed by atoms with Crippen LogP contribution in [-0.4, -0.2) is 30.3 Å². The maximum absolute atomic E-state index is 7.09. The van der Waals surface area contributed by atoms with Crippen LogP contribution < -0.4 is 24.9 Å². The normalized spacial score (nSPS) is 20.4. The molecule has 4 aliphatic carbocycles. The molecule has 11 aromatic rings. The maximum Gasteiger partial charge on any atom is 0.135 e. The number of pyridine rings is 1. The smallest absolute Gasteiger partial charge is 0.135 e. The molecule has 0 spiro atoms. The third kappa shape index (κ3) is 8.74. The van der Waals surface area contributed by atoms with Crippen molar-refractivity contribution in [3.63, 3.8) is 0 Å². The molecular formula is C74H72N5OPtSi2-3. The quantitative estimate of drug-likeness (QED) is 0.101. The van der Waals surface area contributed by atoms with Crippen molar-refractivity contribution >= 4 is 92.9 Å². The molecule has 4 fully saturated rings. The monoisotopic (exact) mass is 1300 g/mol. The van der Waals surface area contributed by atoms with E-state index in [1.807, 2.05) is 0 Å². The van der Waals surface area contributed by atoms with Gasteiger partial charge in [0.25, 0.3) is 0 Å². The van der Waals surface area contributed by atoms with E-state index in [2.05, 4.69) is 280 Å². The summed E-state index contributed by atoms with van der Waals surface area (Å²) < 4.78 is 11.9. The first kappa shape index (κ1) is 54.0. The van der Waals surface area contributed by atoms with Crippen LogP contribution >= 0.6 is 0 Å². The molecular weight excluding hydrogens is 1230 g/mol. The van der Waals surface area contributed by atoms with Crippen molar-refractivity contribution in [1.29, 1.82) is 0 Å². The molecule has 6 nitrogen and oxygen atoms in total. The van der Waals surface area contributed by atoms with Crippen molar-refractivity contribution in [3.8, 4) is 23.0 Å². The van der Waals surface area contributed by atoms with E-state index in [9.17, 15) is 0 Å².